The molecule has 0 saturated carbocycles. The number of hydrogen-bond donors (Lipinski definition) is 1. The number of ether oxygens (including phenoxy) is 1. The summed E-state index contributed by atoms with van der Waals surface area (Å²) in [6.45, 7) is 0.385. The van der Waals surface area contributed by atoms with Crippen molar-refractivity contribution in [3.05, 3.63) is 96.6 Å². The predicted octanol–water partition coefficient (Wildman–Crippen LogP) is 5.62. The van der Waals surface area contributed by atoms with Crippen LogP contribution in [0.1, 0.15) is 5.56 Å². The summed E-state index contributed by atoms with van der Waals surface area (Å²) in [5, 5.41) is 4.90. The topological polar surface area (TPSA) is 63.6 Å². The highest BCUT2D eigenvalue weighted by atomic mass is 32.1. The molecule has 0 unspecified atom stereocenters. The van der Waals surface area contributed by atoms with Gasteiger partial charge in [0.25, 0.3) is 6.47 Å². The van der Waals surface area contributed by atoms with Gasteiger partial charge in [-0.05, 0) is 11.1 Å². The van der Waals surface area contributed by atoms with Gasteiger partial charge in [0, 0.05) is 5.56 Å². The second-order valence-electron chi connectivity index (χ2n) is 6.42. The minimum absolute atomic E-state index is 0.272. The number of nitrogens with zero attached hydrogens (tertiary/aromatic N) is 2. The van der Waals surface area contributed by atoms with Crippen LogP contribution in [0.25, 0.3) is 21.7 Å². The average molecular weight is 414 g/mol. The monoisotopic (exact) mass is 413 g/mol. The van der Waals surface area contributed by atoms with Crippen molar-refractivity contribution < 1.29 is 9.53 Å². The second-order valence-corrected chi connectivity index (χ2v) is 7.42. The average Bonchev–Trinajstić information content (AvgIpc) is 3.24. The fourth-order valence-electron chi connectivity index (χ4n) is 2.99. The maximum absolute atomic E-state index is 10.9. The number of benzene rings is 3. The van der Waals surface area contributed by atoms with Gasteiger partial charge in [-0.3, -0.25) is 4.79 Å². The second kappa shape index (κ2) is 9.62. The van der Waals surface area contributed by atoms with Crippen LogP contribution in [0.4, 0.5) is 5.13 Å². The lowest BCUT2D eigenvalue weighted by atomic mass is 10.1. The van der Waals surface area contributed by atoms with Gasteiger partial charge in [0.05, 0.1) is 17.0 Å². The van der Waals surface area contributed by atoms with Gasteiger partial charge < -0.3 is 4.74 Å². The molecular formula is C24H19N3O2S. The van der Waals surface area contributed by atoms with E-state index in [0.29, 0.717) is 18.0 Å². The third kappa shape index (κ3) is 4.79. The lowest BCUT2D eigenvalue weighted by molar-refractivity contribution is -0.121. The molecule has 4 aromatic rings. The molecule has 0 bridgehead atoms. The number of thiazole rings is 1. The number of rotatable bonds is 7. The molecule has 0 spiro atoms. The summed E-state index contributed by atoms with van der Waals surface area (Å²) in [6.07, 6.45) is 0.398. The lowest BCUT2D eigenvalue weighted by Gasteiger charge is -2.04. The zero-order valence-corrected chi connectivity index (χ0v) is 16.9. The molecule has 0 saturated heterocycles. The summed E-state index contributed by atoms with van der Waals surface area (Å²) in [7, 11) is 0. The number of nitrogens with one attached hydrogen (secondary N) is 1. The molecule has 30 heavy (non-hydrogen) atoms. The molecule has 5 nitrogen and oxygen atoms in total. The predicted molar refractivity (Wildman–Crippen MR) is 121 cm³/mol. The Morgan fingerprint density at radius 3 is 2.13 bits per heavy atom. The molecule has 0 atom stereocenters. The van der Waals surface area contributed by atoms with Gasteiger partial charge in [-0.1, -0.05) is 102 Å². The largest absolute Gasteiger partial charge is 0.412 e. The first-order valence-corrected chi connectivity index (χ1v) is 10.2. The molecular weight excluding hydrogens is 394 g/mol. The number of hydrazone groups is 1. The van der Waals surface area contributed by atoms with Crippen LogP contribution >= 0.6 is 11.3 Å². The zero-order chi connectivity index (χ0) is 20.6. The van der Waals surface area contributed by atoms with Crippen LogP contribution in [0.15, 0.2) is 96.1 Å². The lowest BCUT2D eigenvalue weighted by Crippen LogP contribution is -2.10. The molecule has 6 heteroatoms. The Balaban J connectivity index is 1.64. The van der Waals surface area contributed by atoms with E-state index in [0.717, 1.165) is 27.3 Å². The minimum Gasteiger partial charge on any atom is -0.412 e. The van der Waals surface area contributed by atoms with Crippen LogP contribution in [-0.4, -0.2) is 17.4 Å². The minimum atomic E-state index is 0.272. The smallest absolute Gasteiger partial charge is 0.299 e. The maximum Gasteiger partial charge on any atom is 0.299 e. The van der Waals surface area contributed by atoms with Crippen molar-refractivity contribution >= 4 is 28.8 Å². The van der Waals surface area contributed by atoms with Crippen LogP contribution < -0.4 is 5.43 Å². The van der Waals surface area contributed by atoms with Crippen LogP contribution in [0.5, 0.6) is 0 Å². The third-order valence-corrected chi connectivity index (χ3v) is 5.38. The number of anilines is 1. The van der Waals surface area contributed by atoms with E-state index in [9.17, 15) is 4.79 Å². The maximum atomic E-state index is 10.9. The van der Waals surface area contributed by atoms with Crippen LogP contribution in [0, 0.1) is 0 Å². The Morgan fingerprint density at radius 1 is 0.900 bits per heavy atom. The Labute approximate surface area is 178 Å². The molecule has 148 valence electrons. The Bertz CT molecular complexity index is 1070. The summed E-state index contributed by atoms with van der Waals surface area (Å²) in [4.78, 5) is 16.7. The van der Waals surface area contributed by atoms with Crippen molar-refractivity contribution in [2.45, 2.75) is 6.42 Å². The molecule has 0 fully saturated rings. The van der Waals surface area contributed by atoms with Crippen molar-refractivity contribution in [2.24, 2.45) is 5.10 Å². The number of aromatic nitrogens is 1. The first kappa shape index (κ1) is 19.5. The summed E-state index contributed by atoms with van der Waals surface area (Å²) < 4.78 is 5.06. The first-order chi connectivity index (χ1) is 14.8. The molecule has 0 aliphatic carbocycles. The van der Waals surface area contributed by atoms with Crippen molar-refractivity contribution in [2.75, 3.05) is 5.43 Å². The van der Waals surface area contributed by atoms with Crippen molar-refractivity contribution in [1.29, 1.82) is 0 Å². The number of hydrogen-bond acceptors (Lipinski definition) is 6. The van der Waals surface area contributed by atoms with Gasteiger partial charge >= 0.3 is 0 Å². The van der Waals surface area contributed by atoms with E-state index in [4.69, 9.17) is 9.72 Å². The number of carbonyl (C=O) groups is 1. The van der Waals surface area contributed by atoms with Gasteiger partial charge in [-0.2, -0.15) is 0 Å². The summed E-state index contributed by atoms with van der Waals surface area (Å²) in [6, 6.07) is 29.8. The fourth-order valence-corrected chi connectivity index (χ4v) is 3.92. The van der Waals surface area contributed by atoms with Gasteiger partial charge in [-0.15, -0.1) is 5.10 Å². The standard InChI is InChI=1S/C24H19N3O2S/c28-17-29-21(16-18-10-4-1-5-11-18)26-27-24-25-22(19-12-6-2-7-13-19)23(30-24)20-14-8-3-9-15-20/h1-15,17H,16H2,(H,25,27). The van der Waals surface area contributed by atoms with Crippen molar-refractivity contribution in [1.82, 2.24) is 4.98 Å². The van der Waals surface area contributed by atoms with Crippen LogP contribution in [0.2, 0.25) is 0 Å². The van der Waals surface area contributed by atoms with E-state index >= 15 is 0 Å². The highest BCUT2D eigenvalue weighted by Gasteiger charge is 2.15. The highest BCUT2D eigenvalue weighted by Crippen LogP contribution is 2.38. The third-order valence-electron chi connectivity index (χ3n) is 4.37. The molecule has 4 rings (SSSR count). The van der Waals surface area contributed by atoms with E-state index in [2.05, 4.69) is 22.7 Å². The van der Waals surface area contributed by atoms with E-state index in [1.54, 1.807) is 0 Å². The Hall–Kier alpha value is -3.77. The summed E-state index contributed by atoms with van der Waals surface area (Å²) in [5.74, 6) is 0.272. The molecule has 1 aromatic heterocycles. The summed E-state index contributed by atoms with van der Waals surface area (Å²) in [5.41, 5.74) is 6.95. The molecule has 0 aliphatic rings. The van der Waals surface area contributed by atoms with Gasteiger partial charge in [0.15, 0.2) is 0 Å². The van der Waals surface area contributed by atoms with Crippen molar-refractivity contribution in [3.8, 4) is 21.7 Å². The molecule has 1 heterocycles. The fraction of sp³-hybridized carbons (Fsp3) is 0.0417. The zero-order valence-electron chi connectivity index (χ0n) is 16.1. The molecule has 0 radical (unpaired) electrons. The van der Waals surface area contributed by atoms with Gasteiger partial charge in [-0.25, -0.2) is 10.4 Å². The quantitative estimate of drug-likeness (QED) is 0.185. The van der Waals surface area contributed by atoms with Gasteiger partial charge in [0.2, 0.25) is 11.0 Å². The molecule has 1 N–H and O–H groups in total. The first-order valence-electron chi connectivity index (χ1n) is 9.42. The summed E-state index contributed by atoms with van der Waals surface area (Å²) >= 11 is 1.50. The Kier molecular flexibility index (Phi) is 6.27. The van der Waals surface area contributed by atoms with E-state index < -0.39 is 0 Å². The van der Waals surface area contributed by atoms with Crippen LogP contribution in [-0.2, 0) is 16.0 Å². The molecule has 0 amide bonds. The molecule has 3 aromatic carbocycles. The van der Waals surface area contributed by atoms with E-state index in [-0.39, 0.29) is 5.90 Å². The Morgan fingerprint density at radius 2 is 1.50 bits per heavy atom. The number of carbonyl (C=O) groups excluding carboxylic acids is 1. The van der Waals surface area contributed by atoms with Gasteiger partial charge in [0.1, 0.15) is 0 Å². The van der Waals surface area contributed by atoms with Crippen molar-refractivity contribution in [3.63, 3.8) is 0 Å². The highest BCUT2D eigenvalue weighted by molar-refractivity contribution is 7.19. The SMILES string of the molecule is O=COC(Cc1ccccc1)=NNc1nc(-c2ccccc2)c(-c2ccccc2)s1. The van der Waals surface area contributed by atoms with E-state index in [1.165, 1.54) is 11.3 Å². The normalized spacial score (nSPS) is 11.1. The van der Waals surface area contributed by atoms with Crippen LogP contribution in [0.3, 0.4) is 0 Å². The molecule has 0 aliphatic heterocycles. The van der Waals surface area contributed by atoms with E-state index in [1.807, 2.05) is 78.9 Å².